The van der Waals surface area contributed by atoms with Crippen LogP contribution < -0.4 is 0 Å². The van der Waals surface area contributed by atoms with Gasteiger partial charge in [-0.05, 0) is 64.2 Å². The minimum atomic E-state index is -0.770. The molecular weight excluding hydrogens is 961 g/mol. The van der Waals surface area contributed by atoms with E-state index in [4.69, 9.17) is 14.2 Å². The number of hydrogen-bond acceptors (Lipinski definition) is 6. The zero-order chi connectivity index (χ0) is 56.4. The monoisotopic (exact) mass is 1100 g/mol. The number of hydrogen-bond donors (Lipinski definition) is 0. The quantitative estimate of drug-likeness (QED) is 0.0261. The molecule has 0 N–H and O–H groups in total. The summed E-state index contributed by atoms with van der Waals surface area (Å²) >= 11 is 0. The summed E-state index contributed by atoms with van der Waals surface area (Å²) in [6, 6.07) is 0. The highest BCUT2D eigenvalue weighted by Gasteiger charge is 2.19. The van der Waals surface area contributed by atoms with Crippen LogP contribution >= 0.6 is 0 Å². The first-order valence-electron chi connectivity index (χ1n) is 35.3. The lowest BCUT2D eigenvalue weighted by atomic mass is 10.0. The fourth-order valence-corrected chi connectivity index (χ4v) is 10.9. The van der Waals surface area contributed by atoms with Crippen molar-refractivity contribution in [1.82, 2.24) is 0 Å². The van der Waals surface area contributed by atoms with Crippen molar-refractivity contribution in [3.05, 3.63) is 24.3 Å². The van der Waals surface area contributed by atoms with Gasteiger partial charge in [-0.25, -0.2) is 0 Å². The lowest BCUT2D eigenvalue weighted by molar-refractivity contribution is -0.167. The molecule has 0 radical (unpaired) electrons. The molecule has 0 saturated carbocycles. The minimum absolute atomic E-state index is 0.0677. The molecule has 6 nitrogen and oxygen atoms in total. The van der Waals surface area contributed by atoms with E-state index in [1.54, 1.807) is 0 Å². The number of unbranched alkanes of at least 4 members (excludes halogenated alkanes) is 51. The molecule has 0 aromatic carbocycles. The summed E-state index contributed by atoms with van der Waals surface area (Å²) in [4.78, 5) is 38.3. The maximum atomic E-state index is 12.9. The van der Waals surface area contributed by atoms with Crippen molar-refractivity contribution < 1.29 is 28.6 Å². The number of allylic oxidation sites excluding steroid dienone is 4. The molecule has 0 aromatic rings. The van der Waals surface area contributed by atoms with Gasteiger partial charge in [0.1, 0.15) is 13.2 Å². The fourth-order valence-electron chi connectivity index (χ4n) is 10.9. The van der Waals surface area contributed by atoms with Crippen molar-refractivity contribution in [3.8, 4) is 0 Å². The average molecular weight is 1100 g/mol. The molecule has 0 bridgehead atoms. The summed E-state index contributed by atoms with van der Waals surface area (Å²) in [5.41, 5.74) is 0. The summed E-state index contributed by atoms with van der Waals surface area (Å²) in [5, 5.41) is 0. The number of esters is 3. The summed E-state index contributed by atoms with van der Waals surface area (Å²) < 4.78 is 16.9. The van der Waals surface area contributed by atoms with Crippen molar-refractivity contribution in [2.45, 2.75) is 406 Å². The van der Waals surface area contributed by atoms with E-state index in [0.29, 0.717) is 19.3 Å². The molecule has 1 atom stereocenters. The van der Waals surface area contributed by atoms with Gasteiger partial charge in [0, 0.05) is 19.3 Å². The third-order valence-corrected chi connectivity index (χ3v) is 16.2. The summed E-state index contributed by atoms with van der Waals surface area (Å²) in [5.74, 6) is -0.849. The molecule has 6 heteroatoms. The normalized spacial score (nSPS) is 12.1. The Hall–Kier alpha value is -2.11. The number of carbonyl (C=O) groups is 3. The van der Waals surface area contributed by atoms with E-state index < -0.39 is 6.10 Å². The average Bonchev–Trinajstić information content (AvgIpc) is 3.44. The van der Waals surface area contributed by atoms with E-state index in [1.165, 1.54) is 289 Å². The van der Waals surface area contributed by atoms with Gasteiger partial charge in [0.15, 0.2) is 6.10 Å². The Labute approximate surface area is 487 Å². The van der Waals surface area contributed by atoms with E-state index in [1.807, 2.05) is 0 Å². The van der Waals surface area contributed by atoms with Gasteiger partial charge < -0.3 is 14.2 Å². The largest absolute Gasteiger partial charge is 0.462 e. The fraction of sp³-hybridized carbons (Fsp3) is 0.903. The third kappa shape index (κ3) is 64.7. The van der Waals surface area contributed by atoms with Gasteiger partial charge in [-0.3, -0.25) is 14.4 Å². The highest BCUT2D eigenvalue weighted by Crippen LogP contribution is 2.19. The van der Waals surface area contributed by atoms with E-state index in [-0.39, 0.29) is 31.1 Å². The molecule has 0 aromatic heterocycles. The highest BCUT2D eigenvalue weighted by atomic mass is 16.6. The Kier molecular flexibility index (Phi) is 65.6. The smallest absolute Gasteiger partial charge is 0.306 e. The number of ether oxygens (including phenoxy) is 3. The molecule has 0 spiro atoms. The maximum absolute atomic E-state index is 12.9. The Morgan fingerprint density at radius 3 is 0.692 bits per heavy atom. The first-order valence-corrected chi connectivity index (χ1v) is 35.3. The minimum Gasteiger partial charge on any atom is -0.462 e. The SMILES string of the molecule is CCC/C=C\CCCCCCCC(=O)OCC(COC(=O)CCCCCCCCCCCCCCCCCCCCC/C=C\CCCCCCCCCC)OC(=O)CCCCCCCCCCCCCCCCCCCCC. The van der Waals surface area contributed by atoms with Crippen LogP contribution in [-0.2, 0) is 28.6 Å². The predicted octanol–water partition coefficient (Wildman–Crippen LogP) is 24.2. The van der Waals surface area contributed by atoms with E-state index >= 15 is 0 Å². The van der Waals surface area contributed by atoms with Crippen molar-refractivity contribution in [2.24, 2.45) is 0 Å². The Morgan fingerprint density at radius 1 is 0.244 bits per heavy atom. The second-order valence-corrected chi connectivity index (χ2v) is 24.1. The van der Waals surface area contributed by atoms with Crippen molar-refractivity contribution in [2.75, 3.05) is 13.2 Å². The first-order chi connectivity index (χ1) is 38.5. The van der Waals surface area contributed by atoms with Crippen LogP contribution in [0.25, 0.3) is 0 Å². The van der Waals surface area contributed by atoms with Gasteiger partial charge in [-0.1, -0.05) is 340 Å². The molecular formula is C72H136O6. The van der Waals surface area contributed by atoms with Gasteiger partial charge in [-0.15, -0.1) is 0 Å². The Balaban J connectivity index is 4.06. The second kappa shape index (κ2) is 67.4. The van der Waals surface area contributed by atoms with Crippen LogP contribution in [0.5, 0.6) is 0 Å². The standard InChI is InChI=1S/C72H136O6/c1-4-7-10-13-16-19-22-24-26-28-30-31-32-33-34-35-36-37-38-39-40-41-43-44-46-48-50-53-56-59-62-65-71(74)77-68-69(67-76-70(73)64-61-58-55-52-21-18-15-12-9-6-3)78-72(75)66-63-60-57-54-51-49-47-45-42-29-27-25-23-20-17-14-11-8-5-2/h12,15,28,30,69H,4-11,13-14,16-27,29,31-68H2,1-3H3/b15-12-,30-28-. The molecule has 0 fully saturated rings. The lowest BCUT2D eigenvalue weighted by Crippen LogP contribution is -2.30. The van der Waals surface area contributed by atoms with Crippen LogP contribution in [0.15, 0.2) is 24.3 Å². The topological polar surface area (TPSA) is 78.9 Å². The molecule has 0 aliphatic rings. The summed E-state index contributed by atoms with van der Waals surface area (Å²) in [6.45, 7) is 6.65. The highest BCUT2D eigenvalue weighted by molar-refractivity contribution is 5.71. The zero-order valence-electron chi connectivity index (χ0n) is 53.0. The predicted molar refractivity (Wildman–Crippen MR) is 340 cm³/mol. The van der Waals surface area contributed by atoms with Crippen LogP contribution in [0.2, 0.25) is 0 Å². The second-order valence-electron chi connectivity index (χ2n) is 24.1. The van der Waals surface area contributed by atoms with Crippen LogP contribution in [0.4, 0.5) is 0 Å². The zero-order valence-corrected chi connectivity index (χ0v) is 53.0. The molecule has 460 valence electrons. The van der Waals surface area contributed by atoms with Crippen LogP contribution in [0, 0.1) is 0 Å². The third-order valence-electron chi connectivity index (χ3n) is 16.2. The molecule has 0 aliphatic carbocycles. The Bertz CT molecular complexity index is 1260. The molecule has 0 rings (SSSR count). The van der Waals surface area contributed by atoms with Crippen molar-refractivity contribution >= 4 is 17.9 Å². The van der Waals surface area contributed by atoms with Crippen molar-refractivity contribution in [3.63, 3.8) is 0 Å². The molecule has 0 saturated heterocycles. The van der Waals surface area contributed by atoms with Gasteiger partial charge >= 0.3 is 17.9 Å². The first kappa shape index (κ1) is 75.9. The lowest BCUT2D eigenvalue weighted by Gasteiger charge is -2.18. The molecule has 1 unspecified atom stereocenters. The van der Waals surface area contributed by atoms with Gasteiger partial charge in [0.25, 0.3) is 0 Å². The van der Waals surface area contributed by atoms with Gasteiger partial charge in [-0.2, -0.15) is 0 Å². The van der Waals surface area contributed by atoms with Crippen LogP contribution in [0.3, 0.4) is 0 Å². The Morgan fingerprint density at radius 2 is 0.449 bits per heavy atom. The van der Waals surface area contributed by atoms with Crippen LogP contribution in [0.1, 0.15) is 400 Å². The van der Waals surface area contributed by atoms with E-state index in [0.717, 1.165) is 70.6 Å². The van der Waals surface area contributed by atoms with Crippen molar-refractivity contribution in [1.29, 1.82) is 0 Å². The maximum Gasteiger partial charge on any atom is 0.306 e. The van der Waals surface area contributed by atoms with E-state index in [2.05, 4.69) is 45.1 Å². The van der Waals surface area contributed by atoms with Gasteiger partial charge in [0.05, 0.1) is 0 Å². The molecule has 0 heterocycles. The summed E-state index contributed by atoms with van der Waals surface area (Å²) in [7, 11) is 0. The number of rotatable bonds is 66. The summed E-state index contributed by atoms with van der Waals surface area (Å²) in [6.07, 6.45) is 82.3. The molecule has 0 aliphatic heterocycles. The van der Waals surface area contributed by atoms with Gasteiger partial charge in [0.2, 0.25) is 0 Å². The molecule has 0 amide bonds. The van der Waals surface area contributed by atoms with E-state index in [9.17, 15) is 14.4 Å². The van der Waals surface area contributed by atoms with Crippen LogP contribution in [-0.4, -0.2) is 37.2 Å². The number of carbonyl (C=O) groups excluding carboxylic acids is 3. The molecule has 78 heavy (non-hydrogen) atoms.